The van der Waals surface area contributed by atoms with E-state index >= 15 is 0 Å². The fourth-order valence-corrected chi connectivity index (χ4v) is 3.64. The number of rotatable bonds is 3. The summed E-state index contributed by atoms with van der Waals surface area (Å²) in [5, 5.41) is 31.0. The van der Waals surface area contributed by atoms with Crippen molar-refractivity contribution >= 4 is 16.0 Å². The minimum Gasteiger partial charge on any atom is -0.741 e. The second-order valence-corrected chi connectivity index (χ2v) is 8.49. The number of carbonyl (C=O) groups is 1. The molecule has 1 saturated carbocycles. The van der Waals surface area contributed by atoms with Crippen molar-refractivity contribution in [2.24, 2.45) is 11.1 Å². The van der Waals surface area contributed by atoms with E-state index in [-0.39, 0.29) is 5.56 Å². The van der Waals surface area contributed by atoms with E-state index in [1.54, 1.807) is 32.2 Å². The molecule has 2 fully saturated rings. The van der Waals surface area contributed by atoms with Gasteiger partial charge in [0.2, 0.25) is 0 Å². The Morgan fingerprint density at radius 3 is 2.24 bits per heavy atom. The van der Waals surface area contributed by atoms with Crippen molar-refractivity contribution in [1.82, 2.24) is 0 Å². The van der Waals surface area contributed by atoms with Gasteiger partial charge in [0.25, 0.3) is 12.1 Å². The first-order valence-corrected chi connectivity index (χ1v) is 9.41. The SMILES string of the molecule is CC1(C)[C@]2(O)C([n+]3cccc(C(N)=O)c3)O[C@H](CO)[C@]12O.O=S(=O)([O-])C(F)(F)F. The molecule has 14 heteroatoms. The highest BCUT2D eigenvalue weighted by Gasteiger charge is 2.95. The quantitative estimate of drug-likeness (QED) is 0.248. The molecule has 10 nitrogen and oxygen atoms in total. The highest BCUT2D eigenvalue weighted by atomic mass is 32.2. The Morgan fingerprint density at radius 2 is 1.86 bits per heavy atom. The van der Waals surface area contributed by atoms with Gasteiger partial charge in [-0.15, -0.1) is 0 Å². The van der Waals surface area contributed by atoms with Gasteiger partial charge in [0.1, 0.15) is 17.3 Å². The second kappa shape index (κ2) is 6.85. The smallest absolute Gasteiger partial charge is 0.485 e. The molecule has 3 rings (SSSR count). The number of halogens is 3. The van der Waals surface area contributed by atoms with Crippen molar-refractivity contribution in [3.05, 3.63) is 30.1 Å². The summed E-state index contributed by atoms with van der Waals surface area (Å²) < 4.78 is 66.0. The number of aromatic nitrogens is 1. The van der Waals surface area contributed by atoms with Gasteiger partial charge >= 0.3 is 5.51 Å². The van der Waals surface area contributed by atoms with E-state index in [4.69, 9.17) is 23.4 Å². The number of aliphatic hydroxyl groups excluding tert-OH is 1. The van der Waals surface area contributed by atoms with Crippen LogP contribution >= 0.6 is 0 Å². The zero-order chi connectivity index (χ0) is 22.6. The lowest BCUT2D eigenvalue weighted by atomic mass is 10.0. The zero-order valence-corrected chi connectivity index (χ0v) is 15.9. The molecule has 1 aromatic heterocycles. The summed E-state index contributed by atoms with van der Waals surface area (Å²) in [7, 11) is -6.09. The van der Waals surface area contributed by atoms with E-state index in [2.05, 4.69) is 0 Å². The highest BCUT2D eigenvalue weighted by molar-refractivity contribution is 7.86. The van der Waals surface area contributed by atoms with E-state index in [9.17, 15) is 33.3 Å². The maximum absolute atomic E-state index is 11.3. The minimum absolute atomic E-state index is 0.263. The van der Waals surface area contributed by atoms with Gasteiger partial charge in [0, 0.05) is 11.5 Å². The molecule has 1 unspecified atom stereocenters. The van der Waals surface area contributed by atoms with Gasteiger partial charge in [0.05, 0.1) is 6.61 Å². The number of alkyl halides is 3. The van der Waals surface area contributed by atoms with Crippen molar-refractivity contribution in [3.63, 3.8) is 0 Å². The first kappa shape index (κ1) is 23.4. The number of fused-ring (bicyclic) bond motifs is 1. The normalized spacial score (nSPS) is 32.7. The average Bonchev–Trinajstić information content (AvgIpc) is 2.82. The molecule has 2 heterocycles. The third kappa shape index (κ3) is 3.29. The van der Waals surface area contributed by atoms with Crippen molar-refractivity contribution < 1.29 is 55.6 Å². The third-order valence-corrected chi connectivity index (χ3v) is 5.93. The molecule has 0 aromatic carbocycles. The summed E-state index contributed by atoms with van der Waals surface area (Å²) in [6.07, 6.45) is 1.27. The van der Waals surface area contributed by atoms with Crippen LogP contribution in [0.25, 0.3) is 0 Å². The molecule has 1 aliphatic carbocycles. The summed E-state index contributed by atoms with van der Waals surface area (Å²) in [5.74, 6) is -0.599. The summed E-state index contributed by atoms with van der Waals surface area (Å²) in [6.45, 7) is 3.02. The standard InChI is InChI=1S/C14H18N2O5.CHF3O3S/c1-12(2)13(19)9(7-17)21-11(14(12,13)20)16-5-3-4-8(6-16)10(15)18;2-1(3,4)8(5,6)7/h3-6,9,11,17,19-20H,7H2,1-2H3,(H-,15,18);(H,5,6,7)/t9-,11?,13+,14-;/m1./s1. The Labute approximate surface area is 163 Å². The fourth-order valence-electron chi connectivity index (χ4n) is 3.64. The van der Waals surface area contributed by atoms with Gasteiger partial charge in [-0.2, -0.15) is 17.7 Å². The molecule has 1 aromatic rings. The van der Waals surface area contributed by atoms with Crippen LogP contribution in [0.5, 0.6) is 0 Å². The van der Waals surface area contributed by atoms with Gasteiger partial charge in [-0.05, 0) is 6.07 Å². The van der Waals surface area contributed by atoms with Crippen LogP contribution in [0, 0.1) is 5.41 Å². The number of hydrogen-bond acceptors (Lipinski definition) is 8. The molecule has 1 saturated heterocycles. The molecule has 0 bridgehead atoms. The number of ether oxygens (including phenoxy) is 1. The molecule has 1 aliphatic heterocycles. The van der Waals surface area contributed by atoms with Crippen LogP contribution in [0.3, 0.4) is 0 Å². The van der Waals surface area contributed by atoms with E-state index in [1.807, 2.05) is 0 Å². The third-order valence-electron chi connectivity index (χ3n) is 5.37. The number of aliphatic hydroxyl groups is 3. The van der Waals surface area contributed by atoms with Crippen LogP contribution in [0.1, 0.15) is 30.4 Å². The van der Waals surface area contributed by atoms with E-state index in [1.165, 1.54) is 10.8 Å². The van der Waals surface area contributed by atoms with Crippen LogP contribution < -0.4 is 10.3 Å². The van der Waals surface area contributed by atoms with Gasteiger partial charge in [-0.3, -0.25) is 4.79 Å². The number of hydrogen-bond donors (Lipinski definition) is 4. The summed E-state index contributed by atoms with van der Waals surface area (Å²) in [5.41, 5.74) is -4.06. The molecule has 164 valence electrons. The van der Waals surface area contributed by atoms with Gasteiger partial charge in [-0.1, -0.05) is 13.8 Å². The minimum atomic E-state index is -6.09. The first-order chi connectivity index (χ1) is 13.0. The maximum atomic E-state index is 11.3. The van der Waals surface area contributed by atoms with Crippen LogP contribution in [-0.4, -0.2) is 63.6 Å². The molecule has 0 spiro atoms. The molecule has 4 atom stereocenters. The first-order valence-electron chi connectivity index (χ1n) is 8.00. The van der Waals surface area contributed by atoms with Crippen LogP contribution in [0.2, 0.25) is 0 Å². The number of primary amides is 1. The van der Waals surface area contributed by atoms with Crippen LogP contribution in [0.4, 0.5) is 13.2 Å². The number of nitrogens with zero attached hydrogens (tertiary/aromatic N) is 1. The van der Waals surface area contributed by atoms with E-state index in [0.717, 1.165) is 0 Å². The van der Waals surface area contributed by atoms with Crippen LogP contribution in [0.15, 0.2) is 24.5 Å². The van der Waals surface area contributed by atoms with Gasteiger partial charge in [-0.25, -0.2) is 8.42 Å². The predicted octanol–water partition coefficient (Wildman–Crippen LogP) is -1.48. The Morgan fingerprint density at radius 1 is 1.34 bits per heavy atom. The lowest BCUT2D eigenvalue weighted by Gasteiger charge is -2.22. The second-order valence-electron chi connectivity index (χ2n) is 7.12. The number of pyridine rings is 1. The number of amides is 1. The molecule has 0 radical (unpaired) electrons. The average molecular weight is 444 g/mol. The summed E-state index contributed by atoms with van der Waals surface area (Å²) in [4.78, 5) is 11.3. The lowest BCUT2D eigenvalue weighted by Crippen LogP contribution is -2.49. The Balaban J connectivity index is 0.000000321. The molecule has 5 N–H and O–H groups in total. The largest absolute Gasteiger partial charge is 0.741 e. The topological polar surface area (TPSA) is 174 Å². The highest BCUT2D eigenvalue weighted by Crippen LogP contribution is 2.74. The number of nitrogens with two attached hydrogens (primary N) is 1. The monoisotopic (exact) mass is 444 g/mol. The molecular formula is C15H19F3N2O8S. The summed E-state index contributed by atoms with van der Waals surface area (Å²) in [6, 6.07) is 3.15. The van der Waals surface area contributed by atoms with E-state index < -0.39 is 57.1 Å². The van der Waals surface area contributed by atoms with Gasteiger partial charge < -0.3 is 30.3 Å². The lowest BCUT2D eigenvalue weighted by molar-refractivity contribution is -0.771. The molecule has 29 heavy (non-hydrogen) atoms. The fraction of sp³-hybridized carbons (Fsp3) is 0.600. The predicted molar refractivity (Wildman–Crippen MR) is 85.6 cm³/mol. The maximum Gasteiger partial charge on any atom is 0.485 e. The zero-order valence-electron chi connectivity index (χ0n) is 15.1. The Bertz CT molecular complexity index is 922. The van der Waals surface area contributed by atoms with Crippen molar-refractivity contribution in [3.8, 4) is 0 Å². The summed E-state index contributed by atoms with van der Waals surface area (Å²) >= 11 is 0. The number of carbonyl (C=O) groups excluding carboxylic acids is 1. The Kier molecular flexibility index (Phi) is 5.54. The van der Waals surface area contributed by atoms with Gasteiger partial charge in [0.15, 0.2) is 28.1 Å². The molecular weight excluding hydrogens is 425 g/mol. The van der Waals surface area contributed by atoms with Crippen molar-refractivity contribution in [2.75, 3.05) is 6.61 Å². The Hall–Kier alpha value is -1.84. The molecule has 2 aliphatic rings. The molecule has 1 amide bonds. The van der Waals surface area contributed by atoms with Crippen molar-refractivity contribution in [1.29, 1.82) is 0 Å². The van der Waals surface area contributed by atoms with Crippen molar-refractivity contribution in [2.45, 2.75) is 42.9 Å². The van der Waals surface area contributed by atoms with Crippen LogP contribution in [-0.2, 0) is 14.9 Å². The van der Waals surface area contributed by atoms with E-state index in [0.29, 0.717) is 0 Å².